The summed E-state index contributed by atoms with van der Waals surface area (Å²) in [6, 6.07) is 4.52. The van der Waals surface area contributed by atoms with E-state index in [-0.39, 0.29) is 17.1 Å². The van der Waals surface area contributed by atoms with Gasteiger partial charge in [-0.15, -0.1) is 0 Å². The molecule has 0 unspecified atom stereocenters. The molecular formula is C11H14O4S. The molecule has 0 fully saturated rings. The lowest BCUT2D eigenvalue weighted by atomic mass is 10.1. The van der Waals surface area contributed by atoms with Gasteiger partial charge in [-0.1, -0.05) is 0 Å². The summed E-state index contributed by atoms with van der Waals surface area (Å²) in [5, 5.41) is 0. The number of hydrogen-bond acceptors (Lipinski definition) is 4. The third kappa shape index (κ3) is 3.06. The highest BCUT2D eigenvalue weighted by molar-refractivity contribution is 7.90. The fourth-order valence-corrected chi connectivity index (χ4v) is 2.06. The van der Waals surface area contributed by atoms with Gasteiger partial charge in [0.25, 0.3) is 0 Å². The highest BCUT2D eigenvalue weighted by Crippen LogP contribution is 2.23. The summed E-state index contributed by atoms with van der Waals surface area (Å²) < 4.78 is 27.8. The smallest absolute Gasteiger partial charge is 0.175 e. The molecule has 0 amide bonds. The van der Waals surface area contributed by atoms with E-state index in [2.05, 4.69) is 0 Å². The number of methoxy groups -OCH3 is 1. The third-order valence-electron chi connectivity index (χ3n) is 2.12. The Morgan fingerprint density at radius 1 is 1.38 bits per heavy atom. The summed E-state index contributed by atoms with van der Waals surface area (Å²) >= 11 is 0. The number of ether oxygens (including phenoxy) is 1. The van der Waals surface area contributed by atoms with Crippen molar-refractivity contribution in [2.45, 2.75) is 18.2 Å². The normalized spacial score (nSPS) is 11.2. The molecule has 88 valence electrons. The van der Waals surface area contributed by atoms with Gasteiger partial charge in [0.1, 0.15) is 11.5 Å². The van der Waals surface area contributed by atoms with Crippen molar-refractivity contribution in [2.24, 2.45) is 0 Å². The highest BCUT2D eigenvalue weighted by atomic mass is 32.2. The molecule has 16 heavy (non-hydrogen) atoms. The van der Waals surface area contributed by atoms with Crippen molar-refractivity contribution >= 4 is 15.6 Å². The predicted molar refractivity (Wildman–Crippen MR) is 60.5 cm³/mol. The van der Waals surface area contributed by atoms with Crippen LogP contribution >= 0.6 is 0 Å². The van der Waals surface area contributed by atoms with Crippen LogP contribution in [0.1, 0.15) is 12.5 Å². The predicted octanol–water partition coefficient (Wildman–Crippen LogP) is 1.23. The van der Waals surface area contributed by atoms with Gasteiger partial charge in [0.2, 0.25) is 0 Å². The number of ketones is 1. The molecule has 0 aliphatic carbocycles. The minimum absolute atomic E-state index is 0.0380. The molecule has 5 heteroatoms. The average molecular weight is 242 g/mol. The fraction of sp³-hybridized carbons (Fsp3) is 0.364. The van der Waals surface area contributed by atoms with Crippen molar-refractivity contribution in [2.75, 3.05) is 13.4 Å². The number of benzene rings is 1. The van der Waals surface area contributed by atoms with E-state index in [4.69, 9.17) is 4.74 Å². The number of rotatable bonds is 4. The Balaban J connectivity index is 3.27. The Kier molecular flexibility index (Phi) is 3.70. The van der Waals surface area contributed by atoms with Gasteiger partial charge in [-0.05, 0) is 25.1 Å². The van der Waals surface area contributed by atoms with Crippen LogP contribution in [0.4, 0.5) is 0 Å². The Bertz CT molecular complexity index is 503. The molecule has 0 aromatic heterocycles. The van der Waals surface area contributed by atoms with Crippen molar-refractivity contribution in [3.63, 3.8) is 0 Å². The topological polar surface area (TPSA) is 60.4 Å². The maximum Gasteiger partial charge on any atom is 0.175 e. The highest BCUT2D eigenvalue weighted by Gasteiger charge is 2.12. The maximum absolute atomic E-state index is 11.3. The summed E-state index contributed by atoms with van der Waals surface area (Å²) in [6.45, 7) is 1.45. The minimum Gasteiger partial charge on any atom is -0.496 e. The SMILES string of the molecule is COc1ccc(S(C)(=O)=O)cc1CC(C)=O. The van der Waals surface area contributed by atoms with Crippen molar-refractivity contribution < 1.29 is 17.9 Å². The van der Waals surface area contributed by atoms with E-state index >= 15 is 0 Å². The summed E-state index contributed by atoms with van der Waals surface area (Å²) in [6.07, 6.45) is 1.30. The first kappa shape index (κ1) is 12.7. The van der Waals surface area contributed by atoms with E-state index < -0.39 is 9.84 Å². The zero-order valence-electron chi connectivity index (χ0n) is 9.48. The maximum atomic E-state index is 11.3. The lowest BCUT2D eigenvalue weighted by molar-refractivity contribution is -0.116. The molecule has 0 heterocycles. The first-order valence-electron chi connectivity index (χ1n) is 4.71. The second-order valence-electron chi connectivity index (χ2n) is 3.62. The molecule has 1 aromatic carbocycles. The first-order valence-corrected chi connectivity index (χ1v) is 6.60. The molecular weight excluding hydrogens is 228 g/mol. The molecule has 1 rings (SSSR count). The monoisotopic (exact) mass is 242 g/mol. The Morgan fingerprint density at radius 2 is 2.00 bits per heavy atom. The second-order valence-corrected chi connectivity index (χ2v) is 5.64. The van der Waals surface area contributed by atoms with E-state index in [1.54, 1.807) is 6.07 Å². The molecule has 0 atom stereocenters. The number of sulfone groups is 1. The first-order chi connectivity index (χ1) is 7.34. The van der Waals surface area contributed by atoms with E-state index in [1.165, 1.54) is 26.2 Å². The average Bonchev–Trinajstić information content (AvgIpc) is 2.15. The van der Waals surface area contributed by atoms with Crippen LogP contribution in [0.15, 0.2) is 23.1 Å². The molecule has 0 bridgehead atoms. The van der Waals surface area contributed by atoms with Crippen LogP contribution in [0.5, 0.6) is 5.75 Å². The zero-order chi connectivity index (χ0) is 12.3. The van der Waals surface area contributed by atoms with Gasteiger partial charge >= 0.3 is 0 Å². The van der Waals surface area contributed by atoms with Crippen LogP contribution in [0.3, 0.4) is 0 Å². The van der Waals surface area contributed by atoms with E-state index in [9.17, 15) is 13.2 Å². The van der Waals surface area contributed by atoms with Gasteiger partial charge in [0.15, 0.2) is 9.84 Å². The fourth-order valence-electron chi connectivity index (χ4n) is 1.39. The number of Topliss-reactive ketones (excluding diaryl/α,β-unsaturated/α-hetero) is 1. The summed E-state index contributed by atoms with van der Waals surface area (Å²) in [4.78, 5) is 11.2. The number of carbonyl (C=O) groups is 1. The number of carbonyl (C=O) groups excluding carboxylic acids is 1. The Morgan fingerprint density at radius 3 is 2.44 bits per heavy atom. The summed E-state index contributed by atoms with van der Waals surface area (Å²) in [7, 11) is -1.77. The van der Waals surface area contributed by atoms with Crippen molar-refractivity contribution in [1.82, 2.24) is 0 Å². The lowest BCUT2D eigenvalue weighted by Gasteiger charge is -2.08. The van der Waals surface area contributed by atoms with Crippen LogP contribution in [0.25, 0.3) is 0 Å². The van der Waals surface area contributed by atoms with Gasteiger partial charge < -0.3 is 4.74 Å². The standard InChI is InChI=1S/C11H14O4S/c1-8(12)6-9-7-10(16(3,13)14)4-5-11(9)15-2/h4-5,7H,6H2,1-3H3. The van der Waals surface area contributed by atoms with Gasteiger partial charge in [-0.25, -0.2) is 8.42 Å². The largest absolute Gasteiger partial charge is 0.496 e. The van der Waals surface area contributed by atoms with Gasteiger partial charge in [0, 0.05) is 18.2 Å². The molecule has 1 aromatic rings. The van der Waals surface area contributed by atoms with E-state index in [0.717, 1.165) is 6.26 Å². The summed E-state index contributed by atoms with van der Waals surface area (Å²) in [5.41, 5.74) is 0.595. The third-order valence-corrected chi connectivity index (χ3v) is 3.23. The van der Waals surface area contributed by atoms with E-state index in [0.29, 0.717) is 11.3 Å². The van der Waals surface area contributed by atoms with E-state index in [1.807, 2.05) is 0 Å². The van der Waals surface area contributed by atoms with Gasteiger partial charge in [0.05, 0.1) is 12.0 Å². The minimum atomic E-state index is -3.25. The molecule has 0 aliphatic heterocycles. The van der Waals surface area contributed by atoms with Crippen molar-refractivity contribution in [1.29, 1.82) is 0 Å². The molecule has 0 radical (unpaired) electrons. The molecule has 0 saturated carbocycles. The van der Waals surface area contributed by atoms with Crippen LogP contribution < -0.4 is 4.74 Å². The zero-order valence-corrected chi connectivity index (χ0v) is 10.3. The molecule has 4 nitrogen and oxygen atoms in total. The molecule has 0 spiro atoms. The molecule has 0 aliphatic rings. The lowest BCUT2D eigenvalue weighted by Crippen LogP contribution is -2.03. The number of hydrogen-bond donors (Lipinski definition) is 0. The quantitative estimate of drug-likeness (QED) is 0.796. The molecule has 0 N–H and O–H groups in total. The van der Waals surface area contributed by atoms with Crippen molar-refractivity contribution in [3.05, 3.63) is 23.8 Å². The van der Waals surface area contributed by atoms with Crippen molar-refractivity contribution in [3.8, 4) is 5.75 Å². The van der Waals surface area contributed by atoms with Gasteiger partial charge in [-0.3, -0.25) is 4.79 Å². The van der Waals surface area contributed by atoms with Crippen LogP contribution in [0.2, 0.25) is 0 Å². The van der Waals surface area contributed by atoms with Gasteiger partial charge in [-0.2, -0.15) is 0 Å². The Hall–Kier alpha value is -1.36. The molecule has 0 saturated heterocycles. The summed E-state index contributed by atoms with van der Waals surface area (Å²) in [5.74, 6) is 0.492. The van der Waals surface area contributed by atoms with Crippen LogP contribution in [0, 0.1) is 0 Å². The van der Waals surface area contributed by atoms with Crippen LogP contribution in [-0.4, -0.2) is 27.6 Å². The second kappa shape index (κ2) is 4.65. The Labute approximate surface area is 95.2 Å². The van der Waals surface area contributed by atoms with Crippen LogP contribution in [-0.2, 0) is 21.1 Å².